The molecule has 0 bridgehead atoms. The molecular formula is C18H28IN5O3. The van der Waals surface area contributed by atoms with Crippen LogP contribution in [0.4, 0.5) is 0 Å². The van der Waals surface area contributed by atoms with E-state index >= 15 is 0 Å². The second-order valence-electron chi connectivity index (χ2n) is 5.90. The molecule has 0 aliphatic heterocycles. The molecule has 0 spiro atoms. The largest absolute Gasteiger partial charge is 0.497 e. The molecule has 2 N–H and O–H groups in total. The maximum absolute atomic E-state index is 5.67. The summed E-state index contributed by atoms with van der Waals surface area (Å²) in [6.45, 7) is 5.87. The molecule has 0 atom stereocenters. The number of hydrogen-bond donors (Lipinski definition) is 2. The molecule has 1 aromatic heterocycles. The van der Waals surface area contributed by atoms with Crippen LogP contribution in [0.3, 0.4) is 0 Å². The SMILES string of the molecule is CN=C(NCCOc1ccc(OC)cc1)NCCc1nc(C(C)C)no1.I. The second kappa shape index (κ2) is 12.4. The average Bonchev–Trinajstić information content (AvgIpc) is 3.13. The van der Waals surface area contributed by atoms with Crippen LogP contribution in [-0.4, -0.2) is 50.0 Å². The minimum atomic E-state index is 0. The summed E-state index contributed by atoms with van der Waals surface area (Å²) in [5.41, 5.74) is 0. The molecular weight excluding hydrogens is 461 g/mol. The van der Waals surface area contributed by atoms with Crippen LogP contribution < -0.4 is 20.1 Å². The number of benzene rings is 1. The number of halogens is 1. The number of nitrogens with zero attached hydrogens (tertiary/aromatic N) is 3. The topological polar surface area (TPSA) is 93.8 Å². The number of aromatic nitrogens is 2. The van der Waals surface area contributed by atoms with Crippen molar-refractivity contribution in [1.29, 1.82) is 0 Å². The van der Waals surface area contributed by atoms with Crippen LogP contribution in [0.15, 0.2) is 33.8 Å². The summed E-state index contributed by atoms with van der Waals surface area (Å²) in [7, 11) is 3.36. The Hall–Kier alpha value is -2.04. The molecule has 1 aromatic carbocycles. The number of methoxy groups -OCH3 is 1. The minimum absolute atomic E-state index is 0. The lowest BCUT2D eigenvalue weighted by molar-refractivity contribution is 0.321. The quantitative estimate of drug-likeness (QED) is 0.242. The molecule has 150 valence electrons. The van der Waals surface area contributed by atoms with Crippen LogP contribution in [-0.2, 0) is 6.42 Å². The predicted molar refractivity (Wildman–Crippen MR) is 115 cm³/mol. The Labute approximate surface area is 177 Å². The van der Waals surface area contributed by atoms with Crippen molar-refractivity contribution < 1.29 is 14.0 Å². The Bertz CT molecular complexity index is 689. The van der Waals surface area contributed by atoms with E-state index in [1.54, 1.807) is 14.2 Å². The van der Waals surface area contributed by atoms with Crippen LogP contribution in [0.1, 0.15) is 31.5 Å². The van der Waals surface area contributed by atoms with E-state index in [0.717, 1.165) is 17.3 Å². The maximum atomic E-state index is 5.67. The number of aliphatic imine (C=N–C) groups is 1. The Morgan fingerprint density at radius 3 is 2.41 bits per heavy atom. The predicted octanol–water partition coefficient (Wildman–Crippen LogP) is 2.61. The molecule has 0 unspecified atom stereocenters. The molecule has 27 heavy (non-hydrogen) atoms. The summed E-state index contributed by atoms with van der Waals surface area (Å²) in [5.74, 6) is 3.93. The van der Waals surface area contributed by atoms with Crippen LogP contribution in [0.2, 0.25) is 0 Å². The van der Waals surface area contributed by atoms with Crippen molar-refractivity contribution in [3.05, 3.63) is 36.0 Å². The minimum Gasteiger partial charge on any atom is -0.497 e. The highest BCUT2D eigenvalue weighted by atomic mass is 127. The Morgan fingerprint density at radius 2 is 1.81 bits per heavy atom. The van der Waals surface area contributed by atoms with Crippen molar-refractivity contribution in [2.75, 3.05) is 33.9 Å². The van der Waals surface area contributed by atoms with E-state index in [1.807, 2.05) is 38.1 Å². The fraction of sp³-hybridized carbons (Fsp3) is 0.500. The summed E-state index contributed by atoms with van der Waals surface area (Å²) >= 11 is 0. The highest BCUT2D eigenvalue weighted by molar-refractivity contribution is 14.0. The van der Waals surface area contributed by atoms with Crippen LogP contribution >= 0.6 is 24.0 Å². The van der Waals surface area contributed by atoms with Crippen molar-refractivity contribution in [2.45, 2.75) is 26.2 Å². The van der Waals surface area contributed by atoms with E-state index in [2.05, 4.69) is 25.8 Å². The van der Waals surface area contributed by atoms with E-state index in [0.29, 0.717) is 38.0 Å². The number of guanidine groups is 1. The van der Waals surface area contributed by atoms with Gasteiger partial charge in [0.15, 0.2) is 11.8 Å². The van der Waals surface area contributed by atoms with Gasteiger partial charge >= 0.3 is 0 Å². The summed E-state index contributed by atoms with van der Waals surface area (Å²) in [6, 6.07) is 7.49. The van der Waals surface area contributed by atoms with Gasteiger partial charge in [0.05, 0.1) is 13.7 Å². The number of ether oxygens (including phenoxy) is 2. The van der Waals surface area contributed by atoms with Gasteiger partial charge in [-0.1, -0.05) is 19.0 Å². The van der Waals surface area contributed by atoms with Gasteiger partial charge in [-0.25, -0.2) is 0 Å². The molecule has 0 saturated carbocycles. The van der Waals surface area contributed by atoms with Crippen molar-refractivity contribution >= 4 is 29.9 Å². The molecule has 0 fully saturated rings. The zero-order chi connectivity index (χ0) is 18.8. The Balaban J connectivity index is 0.00000364. The summed E-state index contributed by atoms with van der Waals surface area (Å²) in [6.07, 6.45) is 0.642. The maximum Gasteiger partial charge on any atom is 0.228 e. The van der Waals surface area contributed by atoms with Gasteiger partial charge in [0.1, 0.15) is 18.1 Å². The monoisotopic (exact) mass is 489 g/mol. The summed E-state index contributed by atoms with van der Waals surface area (Å²) in [5, 5.41) is 10.4. The Kier molecular flexibility index (Phi) is 10.5. The van der Waals surface area contributed by atoms with Crippen molar-refractivity contribution in [1.82, 2.24) is 20.8 Å². The average molecular weight is 489 g/mol. The molecule has 0 saturated heterocycles. The fourth-order valence-electron chi connectivity index (χ4n) is 2.12. The van der Waals surface area contributed by atoms with Crippen LogP contribution in [0.5, 0.6) is 11.5 Å². The highest BCUT2D eigenvalue weighted by Crippen LogP contribution is 2.16. The molecule has 8 nitrogen and oxygen atoms in total. The van der Waals surface area contributed by atoms with Crippen molar-refractivity contribution in [2.24, 2.45) is 4.99 Å². The van der Waals surface area contributed by atoms with Gasteiger partial charge < -0.3 is 24.6 Å². The number of rotatable bonds is 9. The summed E-state index contributed by atoms with van der Waals surface area (Å²) < 4.78 is 16.0. The summed E-state index contributed by atoms with van der Waals surface area (Å²) in [4.78, 5) is 8.52. The first-order valence-electron chi connectivity index (χ1n) is 8.66. The highest BCUT2D eigenvalue weighted by Gasteiger charge is 2.09. The zero-order valence-electron chi connectivity index (χ0n) is 16.2. The van der Waals surface area contributed by atoms with Crippen molar-refractivity contribution in [3.8, 4) is 11.5 Å². The first kappa shape index (κ1) is 23.0. The fourth-order valence-corrected chi connectivity index (χ4v) is 2.12. The van der Waals surface area contributed by atoms with Gasteiger partial charge in [-0.15, -0.1) is 24.0 Å². The number of hydrogen-bond acceptors (Lipinski definition) is 6. The van der Waals surface area contributed by atoms with E-state index < -0.39 is 0 Å². The van der Waals surface area contributed by atoms with Gasteiger partial charge in [0, 0.05) is 25.9 Å². The molecule has 2 aromatic rings. The first-order chi connectivity index (χ1) is 12.6. The van der Waals surface area contributed by atoms with E-state index in [-0.39, 0.29) is 29.9 Å². The third kappa shape index (κ3) is 8.02. The van der Waals surface area contributed by atoms with Gasteiger partial charge in [-0.05, 0) is 24.3 Å². The normalized spacial score (nSPS) is 11.1. The second-order valence-corrected chi connectivity index (χ2v) is 5.90. The number of nitrogens with one attached hydrogen (secondary N) is 2. The third-order valence-electron chi connectivity index (χ3n) is 3.58. The van der Waals surface area contributed by atoms with Gasteiger partial charge in [0.25, 0.3) is 0 Å². The van der Waals surface area contributed by atoms with E-state index in [9.17, 15) is 0 Å². The van der Waals surface area contributed by atoms with Gasteiger partial charge in [0.2, 0.25) is 5.89 Å². The lowest BCUT2D eigenvalue weighted by atomic mass is 10.2. The smallest absolute Gasteiger partial charge is 0.228 e. The van der Waals surface area contributed by atoms with E-state index in [4.69, 9.17) is 14.0 Å². The molecule has 0 aliphatic carbocycles. The van der Waals surface area contributed by atoms with Crippen LogP contribution in [0.25, 0.3) is 0 Å². The molecule has 0 amide bonds. The zero-order valence-corrected chi connectivity index (χ0v) is 18.5. The molecule has 2 rings (SSSR count). The third-order valence-corrected chi connectivity index (χ3v) is 3.58. The Morgan fingerprint density at radius 1 is 1.15 bits per heavy atom. The van der Waals surface area contributed by atoms with Crippen LogP contribution in [0, 0.1) is 0 Å². The van der Waals surface area contributed by atoms with Crippen molar-refractivity contribution in [3.63, 3.8) is 0 Å². The standard InChI is InChI=1S/C18H27N5O3.HI/c1-13(2)17-22-16(26-23-17)9-10-20-18(19-3)21-11-12-25-15-7-5-14(24-4)6-8-15;/h5-8,13H,9-12H2,1-4H3,(H2,19,20,21);1H. The lowest BCUT2D eigenvalue weighted by Gasteiger charge is -2.12. The van der Waals surface area contributed by atoms with E-state index in [1.165, 1.54) is 0 Å². The molecule has 0 aliphatic rings. The molecule has 1 heterocycles. The van der Waals surface area contributed by atoms with Gasteiger partial charge in [-0.3, -0.25) is 4.99 Å². The molecule has 9 heteroatoms. The van der Waals surface area contributed by atoms with Gasteiger partial charge in [-0.2, -0.15) is 4.98 Å². The molecule has 0 radical (unpaired) electrons. The first-order valence-corrected chi connectivity index (χ1v) is 8.66. The lowest BCUT2D eigenvalue weighted by Crippen LogP contribution is -2.40.